The summed E-state index contributed by atoms with van der Waals surface area (Å²) in [6.07, 6.45) is 4.65. The molecule has 0 bridgehead atoms. The van der Waals surface area contributed by atoms with Gasteiger partial charge in [0.1, 0.15) is 6.04 Å². The van der Waals surface area contributed by atoms with E-state index in [2.05, 4.69) is 58.3 Å². The zero-order valence-electron chi connectivity index (χ0n) is 16.2. The van der Waals surface area contributed by atoms with E-state index in [-0.39, 0.29) is 18.0 Å². The number of nitrogens with one attached hydrogen (secondary N) is 2. The molecule has 1 amide bonds. The fourth-order valence-corrected chi connectivity index (χ4v) is 2.58. The lowest BCUT2D eigenvalue weighted by atomic mass is 10.0. The van der Waals surface area contributed by atoms with Gasteiger partial charge in [0, 0.05) is 37.8 Å². The van der Waals surface area contributed by atoms with Crippen LogP contribution in [0.4, 0.5) is 0 Å². The van der Waals surface area contributed by atoms with E-state index in [1.165, 1.54) is 12.5 Å². The summed E-state index contributed by atoms with van der Waals surface area (Å²) < 4.78 is 0. The lowest BCUT2D eigenvalue weighted by Crippen LogP contribution is -2.42. The minimum absolute atomic E-state index is 0.00181. The van der Waals surface area contributed by atoms with Crippen molar-refractivity contribution < 1.29 is 4.79 Å². The fourth-order valence-electron chi connectivity index (χ4n) is 2.58. The van der Waals surface area contributed by atoms with Crippen LogP contribution in [0.1, 0.15) is 38.8 Å². The third-order valence-corrected chi connectivity index (χ3v) is 4.17. The quantitative estimate of drug-likeness (QED) is 0.818. The van der Waals surface area contributed by atoms with Crippen molar-refractivity contribution in [3.63, 3.8) is 0 Å². The SMILES string of the molecule is CC(=O)NC(C)Cc1ccc(C#CC2C=CNC(N(C)C(C)C)=N2)cc1. The van der Waals surface area contributed by atoms with Crippen molar-refractivity contribution in [3.05, 3.63) is 47.7 Å². The Labute approximate surface area is 156 Å². The summed E-state index contributed by atoms with van der Waals surface area (Å²) in [7, 11) is 2.01. The number of guanidine groups is 1. The first-order valence-corrected chi connectivity index (χ1v) is 8.96. The molecular weight excluding hydrogens is 324 g/mol. The Hall–Kier alpha value is -2.74. The van der Waals surface area contributed by atoms with Crippen LogP contribution < -0.4 is 10.6 Å². The summed E-state index contributed by atoms with van der Waals surface area (Å²) in [5.41, 5.74) is 2.14. The first kappa shape index (κ1) is 19.6. The highest BCUT2D eigenvalue weighted by molar-refractivity contribution is 5.82. The number of nitrogens with zero attached hydrogens (tertiary/aromatic N) is 2. The number of aliphatic imine (C=N–C) groups is 1. The van der Waals surface area contributed by atoms with Crippen molar-refractivity contribution in [2.45, 2.75) is 52.2 Å². The average Bonchev–Trinajstić information content (AvgIpc) is 2.60. The lowest BCUT2D eigenvalue weighted by molar-refractivity contribution is -0.119. The van der Waals surface area contributed by atoms with Crippen molar-refractivity contribution in [3.8, 4) is 11.8 Å². The van der Waals surface area contributed by atoms with Gasteiger partial charge in [0.05, 0.1) is 0 Å². The summed E-state index contributed by atoms with van der Waals surface area (Å²) in [5.74, 6) is 7.23. The maximum atomic E-state index is 11.1. The maximum absolute atomic E-state index is 11.1. The van der Waals surface area contributed by atoms with Crippen molar-refractivity contribution in [2.75, 3.05) is 7.05 Å². The fraction of sp³-hybridized carbons (Fsp3) is 0.429. The standard InChI is InChI=1S/C21H28N4O/c1-15(2)25(5)21-22-13-12-20(24-21)11-10-18-6-8-19(9-7-18)14-16(3)23-17(4)26/h6-9,12-13,15-16,20H,14H2,1-5H3,(H,22,24)(H,23,26). The van der Waals surface area contributed by atoms with Crippen molar-refractivity contribution in [2.24, 2.45) is 4.99 Å². The molecule has 1 heterocycles. The lowest BCUT2D eigenvalue weighted by Gasteiger charge is -2.27. The highest BCUT2D eigenvalue weighted by Crippen LogP contribution is 2.08. The van der Waals surface area contributed by atoms with Gasteiger partial charge in [-0.2, -0.15) is 0 Å². The molecule has 2 N–H and O–H groups in total. The first-order chi connectivity index (χ1) is 12.3. The monoisotopic (exact) mass is 352 g/mol. The van der Waals surface area contributed by atoms with Gasteiger partial charge in [0.2, 0.25) is 5.91 Å². The average molecular weight is 352 g/mol. The predicted octanol–water partition coefficient (Wildman–Crippen LogP) is 2.29. The van der Waals surface area contributed by atoms with Gasteiger partial charge in [-0.1, -0.05) is 24.0 Å². The predicted molar refractivity (Wildman–Crippen MR) is 107 cm³/mol. The summed E-state index contributed by atoms with van der Waals surface area (Å²) in [6.45, 7) is 7.79. The van der Waals surface area contributed by atoms with E-state index in [0.717, 1.165) is 17.9 Å². The van der Waals surface area contributed by atoms with E-state index in [0.29, 0.717) is 6.04 Å². The molecule has 5 heteroatoms. The van der Waals surface area contributed by atoms with E-state index in [4.69, 9.17) is 0 Å². The summed E-state index contributed by atoms with van der Waals surface area (Å²) in [6, 6.07) is 8.48. The molecule has 1 aromatic carbocycles. The molecule has 0 saturated carbocycles. The molecule has 0 fully saturated rings. The molecule has 2 atom stereocenters. The number of carbonyl (C=O) groups is 1. The van der Waals surface area contributed by atoms with Crippen LogP contribution >= 0.6 is 0 Å². The van der Waals surface area contributed by atoms with Crippen LogP contribution in [0.5, 0.6) is 0 Å². The largest absolute Gasteiger partial charge is 0.354 e. The minimum atomic E-state index is -0.146. The number of benzene rings is 1. The topological polar surface area (TPSA) is 56.7 Å². The van der Waals surface area contributed by atoms with Gasteiger partial charge in [0.15, 0.2) is 5.96 Å². The van der Waals surface area contributed by atoms with Gasteiger partial charge in [-0.05, 0) is 51.0 Å². The smallest absolute Gasteiger partial charge is 0.217 e. The van der Waals surface area contributed by atoms with Crippen molar-refractivity contribution >= 4 is 11.9 Å². The van der Waals surface area contributed by atoms with Gasteiger partial charge < -0.3 is 15.5 Å². The third kappa shape index (κ3) is 5.96. The van der Waals surface area contributed by atoms with Crippen LogP contribution in [0.2, 0.25) is 0 Å². The van der Waals surface area contributed by atoms with Crippen molar-refractivity contribution in [1.29, 1.82) is 0 Å². The van der Waals surface area contributed by atoms with Crippen LogP contribution in [0.15, 0.2) is 41.5 Å². The highest BCUT2D eigenvalue weighted by atomic mass is 16.1. The molecular formula is C21H28N4O. The Morgan fingerprint density at radius 2 is 2.00 bits per heavy atom. The second-order valence-electron chi connectivity index (χ2n) is 6.88. The molecule has 1 aromatic rings. The Morgan fingerprint density at radius 3 is 2.62 bits per heavy atom. The second kappa shape index (κ2) is 9.10. The van der Waals surface area contributed by atoms with Crippen LogP contribution in [0.3, 0.4) is 0 Å². The number of hydrogen-bond acceptors (Lipinski definition) is 4. The Bertz CT molecular complexity index is 738. The van der Waals surface area contributed by atoms with E-state index < -0.39 is 0 Å². The molecule has 2 unspecified atom stereocenters. The molecule has 138 valence electrons. The van der Waals surface area contributed by atoms with Gasteiger partial charge in [-0.15, -0.1) is 0 Å². The molecule has 0 aromatic heterocycles. The van der Waals surface area contributed by atoms with Crippen LogP contribution in [0.25, 0.3) is 0 Å². The normalized spacial score (nSPS) is 16.8. The molecule has 0 radical (unpaired) electrons. The summed E-state index contributed by atoms with van der Waals surface area (Å²) >= 11 is 0. The van der Waals surface area contributed by atoms with Crippen LogP contribution in [0, 0.1) is 11.8 Å². The van der Waals surface area contributed by atoms with Gasteiger partial charge in [-0.25, -0.2) is 4.99 Å². The van der Waals surface area contributed by atoms with Crippen LogP contribution in [-0.4, -0.2) is 41.9 Å². The van der Waals surface area contributed by atoms with E-state index >= 15 is 0 Å². The molecule has 2 rings (SSSR count). The van der Waals surface area contributed by atoms with E-state index in [1.54, 1.807) is 0 Å². The molecule has 5 nitrogen and oxygen atoms in total. The zero-order chi connectivity index (χ0) is 19.1. The minimum Gasteiger partial charge on any atom is -0.354 e. The molecule has 0 aliphatic carbocycles. The molecule has 0 saturated heterocycles. The number of hydrogen-bond donors (Lipinski definition) is 2. The molecule has 1 aliphatic heterocycles. The number of rotatable bonds is 4. The Kier molecular flexibility index (Phi) is 6.85. The summed E-state index contributed by atoms with van der Waals surface area (Å²) in [4.78, 5) is 17.8. The Morgan fingerprint density at radius 1 is 1.31 bits per heavy atom. The number of carbonyl (C=O) groups excluding carboxylic acids is 1. The van der Waals surface area contributed by atoms with Gasteiger partial charge in [0.25, 0.3) is 0 Å². The van der Waals surface area contributed by atoms with E-state index in [1.807, 2.05) is 38.4 Å². The van der Waals surface area contributed by atoms with Gasteiger partial charge in [-0.3, -0.25) is 4.79 Å². The van der Waals surface area contributed by atoms with Crippen molar-refractivity contribution in [1.82, 2.24) is 15.5 Å². The highest BCUT2D eigenvalue weighted by Gasteiger charge is 2.13. The molecule has 26 heavy (non-hydrogen) atoms. The molecule has 0 spiro atoms. The molecule has 1 aliphatic rings. The second-order valence-corrected chi connectivity index (χ2v) is 6.88. The Balaban J connectivity index is 2.00. The van der Waals surface area contributed by atoms with Gasteiger partial charge >= 0.3 is 0 Å². The first-order valence-electron chi connectivity index (χ1n) is 8.96. The van der Waals surface area contributed by atoms with E-state index in [9.17, 15) is 4.79 Å². The maximum Gasteiger partial charge on any atom is 0.217 e. The summed E-state index contributed by atoms with van der Waals surface area (Å²) in [5, 5.41) is 6.06. The van der Waals surface area contributed by atoms with Crippen LogP contribution in [-0.2, 0) is 11.2 Å². The third-order valence-electron chi connectivity index (χ3n) is 4.17. The number of amides is 1. The zero-order valence-corrected chi connectivity index (χ0v) is 16.2.